The molecule has 1 fully saturated rings. The number of thioether (sulfide) groups is 1. The van der Waals surface area contributed by atoms with Crippen molar-refractivity contribution in [1.29, 1.82) is 0 Å². The Morgan fingerprint density at radius 1 is 1.40 bits per heavy atom. The lowest BCUT2D eigenvalue weighted by Gasteiger charge is -2.37. The van der Waals surface area contributed by atoms with E-state index in [9.17, 15) is 9.90 Å². The van der Waals surface area contributed by atoms with Crippen LogP contribution in [-0.4, -0.2) is 34.2 Å². The maximum absolute atomic E-state index is 11.4. The van der Waals surface area contributed by atoms with E-state index in [1.165, 1.54) is 0 Å². The van der Waals surface area contributed by atoms with Gasteiger partial charge >= 0.3 is 5.97 Å². The Balaban J connectivity index is 2.67. The molecule has 0 amide bonds. The van der Waals surface area contributed by atoms with Crippen molar-refractivity contribution in [2.45, 2.75) is 51.1 Å². The van der Waals surface area contributed by atoms with Gasteiger partial charge in [-0.3, -0.25) is 10.1 Å². The van der Waals surface area contributed by atoms with Crippen molar-refractivity contribution < 1.29 is 9.90 Å². The van der Waals surface area contributed by atoms with Gasteiger partial charge in [-0.15, -0.1) is 0 Å². The van der Waals surface area contributed by atoms with E-state index in [-0.39, 0.29) is 0 Å². The first-order valence-corrected chi connectivity index (χ1v) is 6.89. The second-order valence-corrected chi connectivity index (χ2v) is 5.38. The quantitative estimate of drug-likeness (QED) is 0.761. The molecule has 0 radical (unpaired) electrons. The molecule has 0 aromatic heterocycles. The molecule has 4 heteroatoms. The fourth-order valence-electron chi connectivity index (χ4n) is 2.02. The Kier molecular flexibility index (Phi) is 4.93. The maximum Gasteiger partial charge on any atom is 0.323 e. The summed E-state index contributed by atoms with van der Waals surface area (Å²) in [4.78, 5) is 11.4. The molecule has 15 heavy (non-hydrogen) atoms. The Morgan fingerprint density at radius 3 is 2.33 bits per heavy atom. The highest BCUT2D eigenvalue weighted by atomic mass is 32.2. The summed E-state index contributed by atoms with van der Waals surface area (Å²) in [5.74, 6) is 1.24. The number of rotatable bonds is 5. The fraction of sp³-hybridized carbons (Fsp3) is 0.909. The van der Waals surface area contributed by atoms with Gasteiger partial charge in [0.15, 0.2) is 0 Å². The van der Waals surface area contributed by atoms with Gasteiger partial charge < -0.3 is 5.11 Å². The summed E-state index contributed by atoms with van der Waals surface area (Å²) in [6.07, 6.45) is 3.50. The minimum Gasteiger partial charge on any atom is -0.480 e. The molecular weight excluding hydrogens is 210 g/mol. The van der Waals surface area contributed by atoms with Crippen LogP contribution in [0.1, 0.15) is 39.5 Å². The highest BCUT2D eigenvalue weighted by Gasteiger charge is 2.40. The third kappa shape index (κ3) is 3.11. The topological polar surface area (TPSA) is 49.3 Å². The van der Waals surface area contributed by atoms with Crippen LogP contribution in [-0.2, 0) is 4.79 Å². The van der Waals surface area contributed by atoms with Gasteiger partial charge in [0.25, 0.3) is 0 Å². The van der Waals surface area contributed by atoms with Gasteiger partial charge in [-0.1, -0.05) is 13.8 Å². The fourth-order valence-corrected chi connectivity index (χ4v) is 3.21. The first kappa shape index (κ1) is 12.8. The monoisotopic (exact) mass is 231 g/mol. The molecule has 1 heterocycles. The predicted molar refractivity (Wildman–Crippen MR) is 64.4 cm³/mol. The molecule has 0 atom stereocenters. The summed E-state index contributed by atoms with van der Waals surface area (Å²) in [6, 6.07) is 0.337. The van der Waals surface area contributed by atoms with Gasteiger partial charge in [0.2, 0.25) is 0 Å². The molecule has 0 saturated carbocycles. The van der Waals surface area contributed by atoms with Gasteiger partial charge in [0.05, 0.1) is 0 Å². The first-order chi connectivity index (χ1) is 7.14. The third-order valence-corrected chi connectivity index (χ3v) is 4.21. The van der Waals surface area contributed by atoms with Crippen LogP contribution >= 0.6 is 11.8 Å². The van der Waals surface area contributed by atoms with Crippen molar-refractivity contribution in [3.05, 3.63) is 0 Å². The van der Waals surface area contributed by atoms with E-state index < -0.39 is 11.5 Å². The maximum atomic E-state index is 11.4. The van der Waals surface area contributed by atoms with Gasteiger partial charge in [0, 0.05) is 6.04 Å². The molecule has 0 spiro atoms. The van der Waals surface area contributed by atoms with E-state index in [1.807, 2.05) is 11.8 Å². The molecule has 1 rings (SSSR count). The molecule has 0 bridgehead atoms. The Hall–Kier alpha value is -0.220. The lowest BCUT2D eigenvalue weighted by molar-refractivity contribution is -0.145. The lowest BCUT2D eigenvalue weighted by Crippen LogP contribution is -2.57. The number of hydrogen-bond donors (Lipinski definition) is 2. The Labute approximate surface area is 96.0 Å². The summed E-state index contributed by atoms with van der Waals surface area (Å²) in [6.45, 7) is 4.21. The molecule has 88 valence electrons. The molecule has 0 unspecified atom stereocenters. The van der Waals surface area contributed by atoms with Gasteiger partial charge in [-0.05, 0) is 37.2 Å². The number of hydrogen-bond acceptors (Lipinski definition) is 3. The van der Waals surface area contributed by atoms with Gasteiger partial charge in [-0.25, -0.2) is 0 Å². The molecule has 0 aromatic carbocycles. The van der Waals surface area contributed by atoms with Gasteiger partial charge in [-0.2, -0.15) is 11.8 Å². The molecule has 1 aliphatic heterocycles. The Morgan fingerprint density at radius 2 is 1.93 bits per heavy atom. The van der Waals surface area contributed by atoms with E-state index in [0.29, 0.717) is 6.04 Å². The minimum atomic E-state index is -0.672. The lowest BCUT2D eigenvalue weighted by atomic mass is 9.90. The van der Waals surface area contributed by atoms with Crippen LogP contribution in [0, 0.1) is 0 Å². The number of aliphatic carboxylic acids is 1. The van der Waals surface area contributed by atoms with Crippen LogP contribution in [0.15, 0.2) is 0 Å². The standard InChI is InChI=1S/C11H21NO2S/c1-3-9(4-2)12-11(10(13)14)5-7-15-8-6-11/h9,12H,3-8H2,1-2H3,(H,13,14). The van der Waals surface area contributed by atoms with Crippen LogP contribution in [0.2, 0.25) is 0 Å². The van der Waals surface area contributed by atoms with Crippen molar-refractivity contribution in [3.63, 3.8) is 0 Å². The van der Waals surface area contributed by atoms with Crippen molar-refractivity contribution in [2.75, 3.05) is 11.5 Å². The van der Waals surface area contributed by atoms with E-state index in [1.54, 1.807) is 0 Å². The zero-order chi connectivity index (χ0) is 11.3. The second-order valence-electron chi connectivity index (χ2n) is 4.16. The van der Waals surface area contributed by atoms with E-state index in [2.05, 4.69) is 19.2 Å². The predicted octanol–water partition coefficient (Wildman–Crippen LogP) is 2.12. The zero-order valence-corrected chi connectivity index (χ0v) is 10.4. The molecule has 0 aromatic rings. The summed E-state index contributed by atoms with van der Waals surface area (Å²) in [7, 11) is 0. The third-order valence-electron chi connectivity index (χ3n) is 3.22. The normalized spacial score (nSPS) is 20.5. The average molecular weight is 231 g/mol. The van der Waals surface area contributed by atoms with Crippen molar-refractivity contribution >= 4 is 17.7 Å². The largest absolute Gasteiger partial charge is 0.480 e. The molecule has 1 saturated heterocycles. The summed E-state index contributed by atoms with van der Waals surface area (Å²) < 4.78 is 0. The highest BCUT2D eigenvalue weighted by Crippen LogP contribution is 2.28. The molecule has 3 nitrogen and oxygen atoms in total. The number of carbonyl (C=O) groups is 1. The number of nitrogens with one attached hydrogen (secondary N) is 1. The second kappa shape index (κ2) is 5.75. The summed E-state index contributed by atoms with van der Waals surface area (Å²) in [5, 5.41) is 12.7. The Bertz CT molecular complexity index is 211. The molecule has 1 aliphatic rings. The van der Waals surface area contributed by atoms with Gasteiger partial charge in [0.1, 0.15) is 5.54 Å². The van der Waals surface area contributed by atoms with Crippen LogP contribution in [0.3, 0.4) is 0 Å². The summed E-state index contributed by atoms with van der Waals surface area (Å²) >= 11 is 1.85. The first-order valence-electron chi connectivity index (χ1n) is 5.73. The number of carboxylic acid groups (broad SMARTS) is 1. The minimum absolute atomic E-state index is 0.337. The smallest absolute Gasteiger partial charge is 0.323 e. The van der Waals surface area contributed by atoms with E-state index >= 15 is 0 Å². The van der Waals surface area contributed by atoms with Crippen molar-refractivity contribution in [2.24, 2.45) is 0 Å². The highest BCUT2D eigenvalue weighted by molar-refractivity contribution is 7.99. The van der Waals surface area contributed by atoms with E-state index in [0.717, 1.165) is 37.2 Å². The zero-order valence-electron chi connectivity index (χ0n) is 9.58. The van der Waals surface area contributed by atoms with Crippen molar-refractivity contribution in [1.82, 2.24) is 5.32 Å². The number of carboxylic acids is 1. The SMILES string of the molecule is CCC(CC)NC1(C(=O)O)CCSCC1. The van der Waals surface area contributed by atoms with Crippen LogP contribution in [0.5, 0.6) is 0 Å². The van der Waals surface area contributed by atoms with Crippen LogP contribution in [0.25, 0.3) is 0 Å². The molecular formula is C11H21NO2S. The van der Waals surface area contributed by atoms with E-state index in [4.69, 9.17) is 0 Å². The van der Waals surface area contributed by atoms with Crippen LogP contribution in [0.4, 0.5) is 0 Å². The average Bonchev–Trinajstić information content (AvgIpc) is 2.27. The van der Waals surface area contributed by atoms with Crippen molar-refractivity contribution in [3.8, 4) is 0 Å². The molecule has 2 N–H and O–H groups in total. The summed E-state index contributed by atoms with van der Waals surface area (Å²) in [5.41, 5.74) is -0.651. The molecule has 0 aliphatic carbocycles. The van der Waals surface area contributed by atoms with Crippen LogP contribution < -0.4 is 5.32 Å².